The van der Waals surface area contributed by atoms with Crippen molar-refractivity contribution in [1.82, 2.24) is 0 Å². The normalized spacial score (nSPS) is 13.2. The number of hydrogen-bond acceptors (Lipinski definition) is 3. The molecule has 0 fully saturated rings. The molecule has 1 aromatic heterocycles. The maximum atomic E-state index is 6.97. The third kappa shape index (κ3) is 4.61. The van der Waals surface area contributed by atoms with E-state index < -0.39 is 8.32 Å². The van der Waals surface area contributed by atoms with Gasteiger partial charge < -0.3 is 13.6 Å². The predicted molar refractivity (Wildman–Crippen MR) is 121 cm³/mol. The summed E-state index contributed by atoms with van der Waals surface area (Å²) < 4.78 is 18.6. The highest BCUT2D eigenvalue weighted by molar-refractivity contribution is 6.99. The molecular weight excluding hydrogens is 376 g/mol. The fourth-order valence-corrected chi connectivity index (χ4v) is 8.39. The Morgan fingerprint density at radius 2 is 1.52 bits per heavy atom. The van der Waals surface area contributed by atoms with E-state index in [1.807, 2.05) is 12.1 Å². The maximum absolute atomic E-state index is 6.97. The van der Waals surface area contributed by atoms with Crippen LogP contribution in [0.15, 0.2) is 96.1 Å². The quantitative estimate of drug-likeness (QED) is 0.366. The minimum Gasteiger partial charge on any atom is -0.466 e. The molecule has 0 bridgehead atoms. The molecule has 0 amide bonds. The van der Waals surface area contributed by atoms with Crippen LogP contribution >= 0.6 is 0 Å². The van der Waals surface area contributed by atoms with Gasteiger partial charge >= 0.3 is 0 Å². The highest BCUT2D eigenvalue weighted by atomic mass is 28.4. The third-order valence-corrected chi connectivity index (χ3v) is 10.1. The Hall–Kier alpha value is -2.40. The second kappa shape index (κ2) is 9.40. The zero-order valence-corrected chi connectivity index (χ0v) is 18.5. The van der Waals surface area contributed by atoms with Crippen LogP contribution in [0.1, 0.15) is 32.6 Å². The van der Waals surface area contributed by atoms with Gasteiger partial charge in [0.15, 0.2) is 0 Å². The van der Waals surface area contributed by atoms with Gasteiger partial charge in [0.25, 0.3) is 8.32 Å². The topological polar surface area (TPSA) is 31.6 Å². The lowest BCUT2D eigenvalue weighted by Gasteiger charge is -2.43. The number of rotatable bonds is 9. The predicted octanol–water partition coefficient (Wildman–Crippen LogP) is 5.10. The molecule has 3 aromatic rings. The summed E-state index contributed by atoms with van der Waals surface area (Å²) in [6.07, 6.45) is 3.13. The van der Waals surface area contributed by atoms with E-state index >= 15 is 0 Å². The second-order valence-electron chi connectivity index (χ2n) is 8.10. The Bertz CT molecular complexity index is 828. The monoisotopic (exact) mass is 406 g/mol. The molecule has 0 spiro atoms. The minimum atomic E-state index is -2.61. The highest BCUT2D eigenvalue weighted by Gasteiger charge is 2.50. The first-order valence-corrected chi connectivity index (χ1v) is 11.9. The van der Waals surface area contributed by atoms with Gasteiger partial charge in [-0.05, 0) is 27.5 Å². The van der Waals surface area contributed by atoms with Crippen molar-refractivity contribution >= 4 is 18.7 Å². The fourth-order valence-electron chi connectivity index (χ4n) is 3.83. The van der Waals surface area contributed by atoms with Crippen molar-refractivity contribution in [3.63, 3.8) is 0 Å². The SMILES string of the molecule is C=CCO[C@H](CO[Si](c1ccccc1)(c1ccccc1)C(C)(C)C)c1ccco1. The molecule has 0 unspecified atom stereocenters. The first-order valence-electron chi connectivity index (χ1n) is 10.00. The van der Waals surface area contributed by atoms with E-state index in [0.717, 1.165) is 5.76 Å². The lowest BCUT2D eigenvalue weighted by atomic mass is 10.2. The van der Waals surface area contributed by atoms with E-state index in [0.29, 0.717) is 13.2 Å². The summed E-state index contributed by atoms with van der Waals surface area (Å²) >= 11 is 0. The summed E-state index contributed by atoms with van der Waals surface area (Å²) in [5.41, 5.74) is 0. The van der Waals surface area contributed by atoms with Crippen molar-refractivity contribution in [2.24, 2.45) is 0 Å². The Morgan fingerprint density at radius 3 is 1.97 bits per heavy atom. The van der Waals surface area contributed by atoms with Crippen molar-refractivity contribution in [3.05, 3.63) is 97.5 Å². The van der Waals surface area contributed by atoms with E-state index in [-0.39, 0.29) is 11.1 Å². The molecule has 3 rings (SSSR count). The van der Waals surface area contributed by atoms with Gasteiger partial charge in [-0.25, -0.2) is 0 Å². The zero-order valence-electron chi connectivity index (χ0n) is 17.5. The first kappa shape index (κ1) is 21.3. The zero-order chi connectivity index (χ0) is 20.7. The van der Waals surface area contributed by atoms with Gasteiger partial charge in [0.1, 0.15) is 11.9 Å². The average molecular weight is 407 g/mol. The summed E-state index contributed by atoms with van der Waals surface area (Å²) in [5.74, 6) is 0.768. The molecule has 0 aliphatic carbocycles. The van der Waals surface area contributed by atoms with Crippen molar-refractivity contribution in [1.29, 1.82) is 0 Å². The van der Waals surface area contributed by atoms with Gasteiger partial charge in [-0.15, -0.1) is 6.58 Å². The second-order valence-corrected chi connectivity index (χ2v) is 12.4. The Labute approximate surface area is 175 Å². The largest absolute Gasteiger partial charge is 0.466 e. The van der Waals surface area contributed by atoms with Crippen LogP contribution < -0.4 is 10.4 Å². The smallest absolute Gasteiger partial charge is 0.261 e. The van der Waals surface area contributed by atoms with Crippen LogP contribution in [-0.4, -0.2) is 21.5 Å². The molecule has 1 heterocycles. The van der Waals surface area contributed by atoms with E-state index in [2.05, 4.69) is 88.0 Å². The molecule has 29 heavy (non-hydrogen) atoms. The molecule has 0 saturated carbocycles. The average Bonchev–Trinajstić information content (AvgIpc) is 3.26. The summed E-state index contributed by atoms with van der Waals surface area (Å²) in [7, 11) is -2.61. The molecular formula is C25H30O3Si. The molecule has 0 aliphatic rings. The van der Waals surface area contributed by atoms with E-state index in [9.17, 15) is 0 Å². The van der Waals surface area contributed by atoms with Crippen LogP contribution in [0.4, 0.5) is 0 Å². The lowest BCUT2D eigenvalue weighted by molar-refractivity contribution is 0.0186. The van der Waals surface area contributed by atoms with Crippen molar-refractivity contribution < 1.29 is 13.6 Å². The molecule has 0 saturated heterocycles. The number of hydrogen-bond donors (Lipinski definition) is 0. The third-order valence-electron chi connectivity index (χ3n) is 5.14. The molecule has 0 N–H and O–H groups in total. The van der Waals surface area contributed by atoms with Gasteiger partial charge in [0.2, 0.25) is 0 Å². The van der Waals surface area contributed by atoms with Gasteiger partial charge in [-0.1, -0.05) is 87.5 Å². The van der Waals surface area contributed by atoms with Crippen molar-refractivity contribution in [2.75, 3.05) is 13.2 Å². The number of furan rings is 1. The summed E-state index contributed by atoms with van der Waals surface area (Å²) in [5, 5.41) is 2.42. The molecule has 4 heteroatoms. The molecule has 152 valence electrons. The number of benzene rings is 2. The van der Waals surface area contributed by atoms with E-state index in [1.54, 1.807) is 12.3 Å². The Kier molecular flexibility index (Phi) is 6.90. The minimum absolute atomic E-state index is 0.0815. The summed E-state index contributed by atoms with van der Waals surface area (Å²) in [6.45, 7) is 11.4. The van der Waals surface area contributed by atoms with Crippen LogP contribution in [-0.2, 0) is 9.16 Å². The van der Waals surface area contributed by atoms with Crippen LogP contribution in [0, 0.1) is 0 Å². The number of ether oxygens (including phenoxy) is 1. The van der Waals surface area contributed by atoms with Crippen LogP contribution in [0.3, 0.4) is 0 Å². The molecule has 0 radical (unpaired) electrons. The van der Waals surface area contributed by atoms with Crippen LogP contribution in [0.25, 0.3) is 0 Å². The molecule has 1 atom stereocenters. The van der Waals surface area contributed by atoms with Gasteiger partial charge in [0.05, 0.1) is 19.5 Å². The van der Waals surface area contributed by atoms with Crippen LogP contribution in [0.2, 0.25) is 5.04 Å². The van der Waals surface area contributed by atoms with E-state index in [1.165, 1.54) is 10.4 Å². The van der Waals surface area contributed by atoms with Gasteiger partial charge in [-0.2, -0.15) is 0 Å². The maximum Gasteiger partial charge on any atom is 0.261 e. The van der Waals surface area contributed by atoms with Crippen LogP contribution in [0.5, 0.6) is 0 Å². The Balaban J connectivity index is 2.04. The van der Waals surface area contributed by atoms with Gasteiger partial charge in [-0.3, -0.25) is 0 Å². The highest BCUT2D eigenvalue weighted by Crippen LogP contribution is 2.37. The van der Waals surface area contributed by atoms with E-state index in [4.69, 9.17) is 13.6 Å². The van der Waals surface area contributed by atoms with Gasteiger partial charge in [0, 0.05) is 0 Å². The Morgan fingerprint density at radius 1 is 0.931 bits per heavy atom. The molecule has 2 aromatic carbocycles. The molecule has 0 aliphatic heterocycles. The van der Waals surface area contributed by atoms with Crippen molar-refractivity contribution in [2.45, 2.75) is 31.9 Å². The summed E-state index contributed by atoms with van der Waals surface area (Å²) in [4.78, 5) is 0. The van der Waals surface area contributed by atoms with Crippen molar-refractivity contribution in [3.8, 4) is 0 Å². The fraction of sp³-hybridized carbons (Fsp3) is 0.280. The summed E-state index contributed by atoms with van der Waals surface area (Å²) in [6, 6.07) is 25.0. The first-order chi connectivity index (χ1) is 14.0. The lowest BCUT2D eigenvalue weighted by Crippen LogP contribution is -2.66. The standard InChI is InChI=1S/C25H30O3Si/c1-5-18-26-24(23-17-12-19-27-23)20-28-29(25(2,3)4,21-13-8-6-9-14-21)22-15-10-7-11-16-22/h5-17,19,24H,1,18,20H2,2-4H3/t24-/m1/s1. The molecule has 3 nitrogen and oxygen atoms in total.